The second kappa shape index (κ2) is 11.3. The van der Waals surface area contributed by atoms with E-state index >= 15 is 4.39 Å². The summed E-state index contributed by atoms with van der Waals surface area (Å²) in [6.45, 7) is 1.58. The molecule has 3 fully saturated rings. The monoisotopic (exact) mass is 596 g/mol. The number of halogens is 1. The van der Waals surface area contributed by atoms with E-state index in [0.717, 1.165) is 18.9 Å². The van der Waals surface area contributed by atoms with E-state index in [4.69, 9.17) is 10.3 Å². The SMILES string of the molecule is [N-]=[N+]=N[C@H]1C[C@H](n2cc(CN3CCN(c4cc5c(cc4F)c(=O)c(C(=O)O)cn5C4CC4)CC3)c(=O)[nH]c2=O)O[C@@H]1CO. The number of anilines is 1. The van der Waals surface area contributed by atoms with E-state index in [2.05, 4.69) is 15.0 Å². The molecule has 15 nitrogen and oxygen atoms in total. The van der Waals surface area contributed by atoms with Crippen LogP contribution < -0.4 is 21.6 Å². The molecule has 3 aliphatic rings. The number of aromatic nitrogens is 3. The molecule has 3 aromatic rings. The summed E-state index contributed by atoms with van der Waals surface area (Å²) in [4.78, 5) is 58.5. The van der Waals surface area contributed by atoms with Crippen LogP contribution in [0.25, 0.3) is 21.3 Å². The van der Waals surface area contributed by atoms with E-state index in [-0.39, 0.29) is 30.0 Å². The van der Waals surface area contributed by atoms with Crippen molar-refractivity contribution in [1.82, 2.24) is 19.0 Å². The maximum Gasteiger partial charge on any atom is 0.341 e. The number of pyridine rings is 1. The van der Waals surface area contributed by atoms with Crippen molar-refractivity contribution in [3.05, 3.63) is 83.0 Å². The Hall–Kier alpha value is -4.50. The number of hydrogen-bond acceptors (Lipinski definition) is 9. The number of aromatic carboxylic acids is 1. The number of aliphatic hydroxyl groups is 1. The smallest absolute Gasteiger partial charge is 0.341 e. The molecule has 0 bridgehead atoms. The lowest BCUT2D eigenvalue weighted by Gasteiger charge is -2.36. The summed E-state index contributed by atoms with van der Waals surface area (Å²) in [6, 6.07) is 2.12. The molecular formula is C27H29FN8O7. The van der Waals surface area contributed by atoms with Gasteiger partial charge in [-0.2, -0.15) is 0 Å². The molecule has 4 heterocycles. The van der Waals surface area contributed by atoms with Gasteiger partial charge in [0.25, 0.3) is 5.56 Å². The van der Waals surface area contributed by atoms with E-state index in [9.17, 15) is 29.4 Å². The van der Waals surface area contributed by atoms with E-state index in [1.165, 1.54) is 17.0 Å². The Morgan fingerprint density at radius 2 is 1.88 bits per heavy atom. The van der Waals surface area contributed by atoms with Gasteiger partial charge in [-0.25, -0.2) is 14.0 Å². The zero-order valence-corrected chi connectivity index (χ0v) is 22.9. The second-order valence-electron chi connectivity index (χ2n) is 11.0. The summed E-state index contributed by atoms with van der Waals surface area (Å²) in [6.07, 6.45) is 3.00. The maximum absolute atomic E-state index is 15.3. The number of ether oxygens (including phenoxy) is 1. The van der Waals surface area contributed by atoms with Crippen molar-refractivity contribution in [3.63, 3.8) is 0 Å². The minimum absolute atomic E-state index is 0.0309. The summed E-state index contributed by atoms with van der Waals surface area (Å²) in [5, 5.41) is 22.7. The Labute approximate surface area is 242 Å². The number of aromatic amines is 1. The third kappa shape index (κ3) is 5.41. The van der Waals surface area contributed by atoms with E-state index < -0.39 is 53.4 Å². The zero-order chi connectivity index (χ0) is 30.4. The van der Waals surface area contributed by atoms with Crippen LogP contribution in [-0.2, 0) is 11.3 Å². The van der Waals surface area contributed by atoms with Crippen molar-refractivity contribution in [3.8, 4) is 0 Å². The molecule has 43 heavy (non-hydrogen) atoms. The number of carboxylic acids is 1. The fourth-order valence-electron chi connectivity index (χ4n) is 5.89. The molecule has 16 heteroatoms. The highest BCUT2D eigenvalue weighted by molar-refractivity contribution is 5.93. The van der Waals surface area contributed by atoms with Gasteiger partial charge in [-0.1, -0.05) is 5.11 Å². The number of nitrogens with one attached hydrogen (secondary N) is 1. The van der Waals surface area contributed by atoms with Crippen LogP contribution in [0.15, 0.2) is 44.0 Å². The third-order valence-corrected chi connectivity index (χ3v) is 8.31. The number of hydrogen-bond donors (Lipinski definition) is 3. The number of aliphatic hydroxyl groups excluding tert-OH is 1. The lowest BCUT2D eigenvalue weighted by molar-refractivity contribution is -0.0272. The Morgan fingerprint density at radius 3 is 2.53 bits per heavy atom. The molecule has 0 amide bonds. The van der Waals surface area contributed by atoms with Crippen LogP contribution in [0.1, 0.15) is 47.5 Å². The molecule has 1 aliphatic carbocycles. The van der Waals surface area contributed by atoms with Crippen LogP contribution in [0, 0.1) is 5.82 Å². The minimum atomic E-state index is -1.35. The zero-order valence-electron chi connectivity index (χ0n) is 22.9. The van der Waals surface area contributed by atoms with Gasteiger partial charge in [0.1, 0.15) is 17.6 Å². The first-order chi connectivity index (χ1) is 20.7. The summed E-state index contributed by atoms with van der Waals surface area (Å²) in [7, 11) is 0. The lowest BCUT2D eigenvalue weighted by atomic mass is 10.1. The van der Waals surface area contributed by atoms with Gasteiger partial charge in [0.05, 0.1) is 30.0 Å². The number of azide groups is 1. The number of nitrogens with zero attached hydrogens (tertiary/aromatic N) is 7. The van der Waals surface area contributed by atoms with E-state index in [1.54, 1.807) is 10.6 Å². The number of benzene rings is 1. The van der Waals surface area contributed by atoms with Crippen molar-refractivity contribution < 1.29 is 24.1 Å². The molecule has 0 radical (unpaired) electrons. The molecule has 3 atom stereocenters. The molecular weight excluding hydrogens is 567 g/mol. The van der Waals surface area contributed by atoms with Crippen LogP contribution >= 0.6 is 0 Å². The molecule has 2 aromatic heterocycles. The number of piperazine rings is 1. The largest absolute Gasteiger partial charge is 0.477 e. The average Bonchev–Trinajstić information content (AvgIpc) is 3.75. The molecule has 226 valence electrons. The number of carbonyl (C=O) groups is 1. The van der Waals surface area contributed by atoms with Gasteiger partial charge in [0.15, 0.2) is 0 Å². The predicted octanol–water partition coefficient (Wildman–Crippen LogP) is 1.30. The first kappa shape index (κ1) is 28.6. The molecule has 6 rings (SSSR count). The van der Waals surface area contributed by atoms with Crippen molar-refractivity contribution in [2.24, 2.45) is 5.11 Å². The normalized spacial score (nSPS) is 22.6. The lowest BCUT2D eigenvalue weighted by Crippen LogP contribution is -2.47. The third-order valence-electron chi connectivity index (χ3n) is 8.31. The molecule has 1 aromatic carbocycles. The van der Waals surface area contributed by atoms with Crippen molar-refractivity contribution in [2.45, 2.75) is 50.2 Å². The van der Waals surface area contributed by atoms with Gasteiger partial charge >= 0.3 is 11.7 Å². The topological polar surface area (TPSA) is 199 Å². The average molecular weight is 597 g/mol. The van der Waals surface area contributed by atoms with E-state index in [1.807, 2.05) is 9.80 Å². The van der Waals surface area contributed by atoms with Gasteiger partial charge in [-0.05, 0) is 30.5 Å². The summed E-state index contributed by atoms with van der Waals surface area (Å²) in [5.41, 5.74) is 7.55. The highest BCUT2D eigenvalue weighted by atomic mass is 19.1. The standard InChI is InChI=1S/C27H29FN8O7/c28-18-7-16-20(35(15-1-2-15)12-17(24(16)38)26(40)41)9-21(18)34-5-3-33(4-6-34)10-14-11-36(27(42)30-25(14)39)23-8-19(31-32-29)22(13-37)43-23/h7,9,11-12,15,19,22-23,37H,1-6,8,10,13H2,(H,40,41)(H,30,39,42)/t19-,22+,23+/m0/s1. The minimum Gasteiger partial charge on any atom is -0.477 e. The maximum atomic E-state index is 15.3. The summed E-state index contributed by atoms with van der Waals surface area (Å²) in [5.74, 6) is -1.97. The van der Waals surface area contributed by atoms with Crippen LogP contribution in [0.3, 0.4) is 0 Å². The fourth-order valence-corrected chi connectivity index (χ4v) is 5.89. The van der Waals surface area contributed by atoms with Crippen molar-refractivity contribution in [1.29, 1.82) is 0 Å². The van der Waals surface area contributed by atoms with Gasteiger partial charge in [-0.3, -0.25) is 24.0 Å². The summed E-state index contributed by atoms with van der Waals surface area (Å²) < 4.78 is 24.0. The van der Waals surface area contributed by atoms with Crippen LogP contribution in [0.2, 0.25) is 0 Å². The van der Waals surface area contributed by atoms with Crippen LogP contribution in [0.4, 0.5) is 10.1 Å². The first-order valence-electron chi connectivity index (χ1n) is 13.9. The summed E-state index contributed by atoms with van der Waals surface area (Å²) >= 11 is 0. The predicted molar refractivity (Wildman–Crippen MR) is 151 cm³/mol. The number of fused-ring (bicyclic) bond motifs is 1. The quantitative estimate of drug-likeness (QED) is 0.195. The molecule has 0 unspecified atom stereocenters. The molecule has 3 N–H and O–H groups in total. The van der Waals surface area contributed by atoms with E-state index in [0.29, 0.717) is 42.9 Å². The molecule has 2 aliphatic heterocycles. The molecule has 2 saturated heterocycles. The fraction of sp³-hybridized carbons (Fsp3) is 0.481. The Bertz CT molecular complexity index is 1820. The number of rotatable bonds is 8. The highest BCUT2D eigenvalue weighted by Gasteiger charge is 2.36. The first-order valence-corrected chi connectivity index (χ1v) is 13.9. The number of carboxylic acid groups (broad SMARTS) is 1. The Kier molecular flexibility index (Phi) is 7.52. The molecule has 1 saturated carbocycles. The Balaban J connectivity index is 1.20. The Morgan fingerprint density at radius 1 is 1.14 bits per heavy atom. The van der Waals surface area contributed by atoms with Gasteiger partial charge in [0, 0.05) is 73.4 Å². The number of H-pyrrole nitrogens is 1. The van der Waals surface area contributed by atoms with Crippen LogP contribution in [0.5, 0.6) is 0 Å². The van der Waals surface area contributed by atoms with Gasteiger partial charge < -0.3 is 24.4 Å². The second-order valence-corrected chi connectivity index (χ2v) is 11.0. The van der Waals surface area contributed by atoms with Crippen molar-refractivity contribution >= 4 is 22.6 Å². The van der Waals surface area contributed by atoms with Gasteiger partial charge in [0.2, 0.25) is 5.43 Å². The molecule has 0 spiro atoms. The van der Waals surface area contributed by atoms with Gasteiger partial charge in [-0.15, -0.1) is 0 Å². The van der Waals surface area contributed by atoms with Crippen molar-refractivity contribution in [2.75, 3.05) is 37.7 Å². The van der Waals surface area contributed by atoms with Crippen LogP contribution in [-0.4, -0.2) is 80.1 Å². The highest BCUT2D eigenvalue weighted by Crippen LogP contribution is 2.38.